The van der Waals surface area contributed by atoms with Crippen LogP contribution in [0.1, 0.15) is 55.7 Å². The average molecular weight is 862 g/mol. The first-order chi connectivity index (χ1) is 26.6. The molecular formula is C36H51N3O13S4. The zero-order valence-electron chi connectivity index (χ0n) is 32.1. The van der Waals surface area contributed by atoms with Crippen molar-refractivity contribution in [3.63, 3.8) is 0 Å². The summed E-state index contributed by atoms with van der Waals surface area (Å²) in [5, 5.41) is 0. The molecule has 0 saturated heterocycles. The van der Waals surface area contributed by atoms with E-state index in [1.807, 2.05) is 6.92 Å². The van der Waals surface area contributed by atoms with Crippen LogP contribution >= 0.6 is 24.1 Å². The molecule has 16 nitrogen and oxygen atoms in total. The maximum atomic E-state index is 13.7. The molecule has 2 aromatic carbocycles. The molecule has 0 radical (unpaired) electrons. The summed E-state index contributed by atoms with van der Waals surface area (Å²) in [6.45, 7) is 2.09. The van der Waals surface area contributed by atoms with Crippen LogP contribution in [0.2, 0.25) is 0 Å². The molecule has 0 aliphatic carbocycles. The molecule has 2 atom stereocenters. The van der Waals surface area contributed by atoms with Crippen LogP contribution in [0.25, 0.3) is 0 Å². The van der Waals surface area contributed by atoms with Gasteiger partial charge in [0.05, 0.1) is 65.4 Å². The SMILES string of the molecule is CCCC(N)=O.COSCC(COc1ccc2c(c1)CN(C(=O)CCCC(N)=O)c1cc(OCC(CSOC)CS(=O)(=O)OC)ccc1C#C2)CS(=O)(=O)OC. The van der Waals surface area contributed by atoms with E-state index in [-0.39, 0.29) is 62.3 Å². The molecule has 0 fully saturated rings. The predicted octanol–water partition coefficient (Wildman–Crippen LogP) is 3.39. The van der Waals surface area contributed by atoms with Gasteiger partial charge in [0.1, 0.15) is 11.5 Å². The number of primary amides is 2. The number of ether oxygens (including phenoxy) is 2. The second-order valence-electron chi connectivity index (χ2n) is 12.3. The normalized spacial score (nSPS) is 13.3. The van der Waals surface area contributed by atoms with Crippen LogP contribution in [0.15, 0.2) is 36.4 Å². The summed E-state index contributed by atoms with van der Waals surface area (Å²) >= 11 is 2.20. The highest BCUT2D eigenvalue weighted by Gasteiger charge is 2.25. The Hall–Kier alpha value is -3.55. The van der Waals surface area contributed by atoms with Crippen molar-refractivity contribution in [2.75, 3.05) is 69.6 Å². The van der Waals surface area contributed by atoms with Crippen LogP contribution < -0.4 is 25.8 Å². The molecule has 0 spiro atoms. The summed E-state index contributed by atoms with van der Waals surface area (Å²) in [5.74, 6) is 5.33. The number of benzene rings is 2. The number of nitrogens with two attached hydrogens (primary N) is 2. The number of hydrogen-bond donors (Lipinski definition) is 2. The lowest BCUT2D eigenvalue weighted by atomic mass is 10.0. The second-order valence-corrected chi connectivity index (χ2v) is 17.7. The second kappa shape index (κ2) is 24.9. The Morgan fingerprint density at radius 2 is 1.25 bits per heavy atom. The fourth-order valence-corrected chi connectivity index (χ4v) is 8.25. The van der Waals surface area contributed by atoms with Gasteiger partial charge in [-0.1, -0.05) is 18.8 Å². The molecule has 1 aliphatic rings. The average Bonchev–Trinajstić information content (AvgIpc) is 3.14. The highest BCUT2D eigenvalue weighted by Crippen LogP contribution is 2.32. The van der Waals surface area contributed by atoms with Crippen LogP contribution in [0.4, 0.5) is 5.69 Å². The lowest BCUT2D eigenvalue weighted by molar-refractivity contribution is -0.120. The number of hydrogen-bond acceptors (Lipinski definition) is 15. The molecule has 1 aliphatic heterocycles. The third-order valence-electron chi connectivity index (χ3n) is 7.81. The van der Waals surface area contributed by atoms with E-state index < -0.39 is 38.0 Å². The van der Waals surface area contributed by atoms with Crippen LogP contribution in [0, 0.1) is 23.7 Å². The molecule has 0 saturated carbocycles. The largest absolute Gasteiger partial charge is 0.493 e. The van der Waals surface area contributed by atoms with Crippen LogP contribution in [-0.4, -0.2) is 99.2 Å². The van der Waals surface area contributed by atoms with Gasteiger partial charge in [-0.25, -0.2) is 0 Å². The molecule has 312 valence electrons. The molecule has 2 unspecified atom stereocenters. The Balaban J connectivity index is 0.00000167. The Bertz CT molecular complexity index is 1880. The van der Waals surface area contributed by atoms with Gasteiger partial charge in [-0.05, 0) is 72.8 Å². The number of carbonyl (C=O) groups excluding carboxylic acids is 3. The summed E-state index contributed by atoms with van der Waals surface area (Å²) in [5.41, 5.74) is 12.4. The number of fused-ring (bicyclic) bond motifs is 2. The molecule has 0 bridgehead atoms. The lowest BCUT2D eigenvalue weighted by Crippen LogP contribution is -2.32. The molecule has 2 aromatic rings. The van der Waals surface area contributed by atoms with E-state index >= 15 is 0 Å². The van der Waals surface area contributed by atoms with Crippen molar-refractivity contribution in [1.29, 1.82) is 0 Å². The minimum absolute atomic E-state index is 0.0229. The molecular weight excluding hydrogens is 811 g/mol. The van der Waals surface area contributed by atoms with E-state index in [9.17, 15) is 31.2 Å². The zero-order chi connectivity index (χ0) is 41.7. The molecule has 3 amide bonds. The first-order valence-corrected chi connectivity index (χ1v) is 22.3. The van der Waals surface area contributed by atoms with Crippen molar-refractivity contribution in [2.24, 2.45) is 23.3 Å². The van der Waals surface area contributed by atoms with E-state index in [0.717, 1.165) is 44.7 Å². The molecule has 3 rings (SSSR count). The highest BCUT2D eigenvalue weighted by molar-refractivity contribution is 7.95. The van der Waals surface area contributed by atoms with E-state index in [4.69, 9.17) is 29.3 Å². The van der Waals surface area contributed by atoms with E-state index in [0.29, 0.717) is 51.8 Å². The van der Waals surface area contributed by atoms with Crippen molar-refractivity contribution in [3.05, 3.63) is 53.1 Å². The Morgan fingerprint density at radius 3 is 1.71 bits per heavy atom. The molecule has 0 aromatic heterocycles. The molecule has 20 heteroatoms. The first kappa shape index (κ1) is 48.6. The van der Waals surface area contributed by atoms with E-state index in [1.165, 1.54) is 14.2 Å². The van der Waals surface area contributed by atoms with Gasteiger partial charge in [0.2, 0.25) is 17.7 Å². The molecule has 56 heavy (non-hydrogen) atoms. The van der Waals surface area contributed by atoms with Crippen LogP contribution in [-0.2, 0) is 57.9 Å². The number of rotatable bonds is 24. The topological polar surface area (TPSA) is 230 Å². The van der Waals surface area contributed by atoms with E-state index in [2.05, 4.69) is 20.2 Å². The minimum Gasteiger partial charge on any atom is -0.493 e. The van der Waals surface area contributed by atoms with Crippen molar-refractivity contribution in [1.82, 2.24) is 0 Å². The Labute approximate surface area is 338 Å². The van der Waals surface area contributed by atoms with Gasteiger partial charge in [-0.3, -0.25) is 22.7 Å². The third kappa shape index (κ3) is 18.1. The standard InChI is InChI=1S/C32H42N2O12S4.C4H9NO/c1-41-47-19-23(21-49(37,38)43-3)17-45-28-12-10-25-8-9-26-11-13-29(46-18-24(20-48-42-2)22-50(39,40)44-4)15-30(26)34(16-27(25)14-28)32(36)7-5-6-31(33)35;1-2-3-4(5)6/h10-15,23-24H,5-7,16-22H2,1-4H3,(H2,33,35);2-3H2,1H3,(H2,5,6). The van der Waals surface area contributed by atoms with E-state index in [1.54, 1.807) is 41.3 Å². The minimum atomic E-state index is -3.77. The lowest BCUT2D eigenvalue weighted by Gasteiger charge is -2.27. The van der Waals surface area contributed by atoms with Crippen LogP contribution in [0.3, 0.4) is 0 Å². The zero-order valence-corrected chi connectivity index (χ0v) is 35.4. The maximum absolute atomic E-state index is 13.7. The summed E-state index contributed by atoms with van der Waals surface area (Å²) in [6, 6.07) is 10.3. The quantitative estimate of drug-likeness (QED) is 0.0876. The first-order valence-electron chi connectivity index (χ1n) is 17.4. The fourth-order valence-electron chi connectivity index (χ4n) is 5.01. The van der Waals surface area contributed by atoms with Gasteiger partial charge < -0.3 is 34.2 Å². The maximum Gasteiger partial charge on any atom is 0.267 e. The van der Waals surface area contributed by atoms with Crippen molar-refractivity contribution in [3.8, 4) is 23.3 Å². The van der Waals surface area contributed by atoms with Gasteiger partial charge in [0, 0.05) is 59.8 Å². The summed E-state index contributed by atoms with van der Waals surface area (Å²) in [6.07, 6.45) is 1.69. The fraction of sp³-hybridized carbons (Fsp3) is 0.528. The number of amides is 3. The van der Waals surface area contributed by atoms with Gasteiger partial charge in [0.25, 0.3) is 20.2 Å². The Kier molecular flexibility index (Phi) is 21.7. The van der Waals surface area contributed by atoms with Gasteiger partial charge in [-0.15, -0.1) is 0 Å². The predicted molar refractivity (Wildman–Crippen MR) is 216 cm³/mol. The Morgan fingerprint density at radius 1 is 0.750 bits per heavy atom. The van der Waals surface area contributed by atoms with Gasteiger partial charge in [-0.2, -0.15) is 16.8 Å². The molecule has 1 heterocycles. The van der Waals surface area contributed by atoms with Crippen LogP contribution in [0.5, 0.6) is 11.5 Å². The van der Waals surface area contributed by atoms with Gasteiger partial charge in [0.15, 0.2) is 0 Å². The summed E-state index contributed by atoms with van der Waals surface area (Å²) < 4.78 is 79.9. The number of anilines is 1. The summed E-state index contributed by atoms with van der Waals surface area (Å²) in [7, 11) is -2.33. The van der Waals surface area contributed by atoms with Crippen molar-refractivity contribution < 1.29 is 57.4 Å². The van der Waals surface area contributed by atoms with Gasteiger partial charge >= 0.3 is 0 Å². The number of nitrogens with zero attached hydrogens (tertiary/aromatic N) is 1. The molecule has 4 N–H and O–H groups in total. The third-order valence-corrected chi connectivity index (χ3v) is 12.3. The monoisotopic (exact) mass is 861 g/mol. The number of carbonyl (C=O) groups is 3. The highest BCUT2D eigenvalue weighted by atomic mass is 32.2. The smallest absolute Gasteiger partial charge is 0.267 e. The van der Waals surface area contributed by atoms with Crippen molar-refractivity contribution >= 4 is 67.7 Å². The summed E-state index contributed by atoms with van der Waals surface area (Å²) in [4.78, 5) is 36.5. The van der Waals surface area contributed by atoms with Crippen molar-refractivity contribution in [2.45, 2.75) is 45.6 Å².